The van der Waals surface area contributed by atoms with Crippen LogP contribution in [0, 0.1) is 6.57 Å². The van der Waals surface area contributed by atoms with Gasteiger partial charge in [0.05, 0.1) is 78.6 Å². The number of para-hydroxylation sites is 6. The van der Waals surface area contributed by atoms with Crippen LogP contribution in [0.1, 0.15) is 11.0 Å². The number of rotatable bonds is 5. The molecule has 16 rings (SSSR count). The monoisotopic (exact) mass is 956 g/mol. The first-order valence-electron chi connectivity index (χ1n) is 27.7. The van der Waals surface area contributed by atoms with E-state index in [0.29, 0.717) is 44.4 Å². The number of benzene rings is 10. The van der Waals surface area contributed by atoms with Gasteiger partial charge in [-0.2, -0.15) is 15.0 Å². The van der Waals surface area contributed by atoms with Gasteiger partial charge >= 0.3 is 0 Å². The zero-order chi connectivity index (χ0) is 54.9. The molecule has 0 amide bonds. The quantitative estimate of drug-likeness (QED) is 0.162. The molecule has 0 fully saturated rings. The van der Waals surface area contributed by atoms with Crippen LogP contribution in [0.4, 0.5) is 5.69 Å². The minimum Gasteiger partial charge on any atom is -0.309 e. The van der Waals surface area contributed by atoms with Gasteiger partial charge < -0.3 is 9.13 Å². The first kappa shape index (κ1) is 32.8. The summed E-state index contributed by atoms with van der Waals surface area (Å²) in [7, 11) is 0. The van der Waals surface area contributed by atoms with E-state index in [0.717, 1.165) is 63.8 Å². The van der Waals surface area contributed by atoms with E-state index in [9.17, 15) is 5.48 Å². The molecule has 0 saturated carbocycles. The third kappa shape index (κ3) is 5.55. The number of aromatic nitrogens is 7. The molecular formula is C64H36N8S. The molecule has 0 aliphatic carbocycles. The number of fused-ring (bicyclic) bond motifs is 16. The highest BCUT2D eigenvalue weighted by atomic mass is 32.1. The molecule has 0 aliphatic rings. The first-order chi connectivity index (χ1) is 39.5. The molecule has 0 unspecified atom stereocenters. The van der Waals surface area contributed by atoms with Crippen LogP contribution in [-0.4, -0.2) is 33.2 Å². The summed E-state index contributed by atoms with van der Waals surface area (Å²) in [6.07, 6.45) is 0. The van der Waals surface area contributed by atoms with Gasteiger partial charge in [-0.15, -0.1) is 11.3 Å². The second-order valence-electron chi connectivity index (χ2n) is 18.0. The molecule has 6 heterocycles. The van der Waals surface area contributed by atoms with E-state index >= 15 is 0 Å². The van der Waals surface area contributed by atoms with Crippen molar-refractivity contribution in [3.8, 4) is 34.7 Å². The maximum atomic E-state index is 9.58. The van der Waals surface area contributed by atoms with E-state index in [1.807, 2.05) is 115 Å². The van der Waals surface area contributed by atoms with Crippen molar-refractivity contribution < 1.29 is 11.0 Å². The average Bonchev–Trinajstić information content (AvgIpc) is 2.82. The molecule has 0 saturated heterocycles. The zero-order valence-electron chi connectivity index (χ0n) is 46.2. The van der Waals surface area contributed by atoms with Gasteiger partial charge in [0.2, 0.25) is 11.9 Å². The lowest BCUT2D eigenvalue weighted by atomic mass is 10.1. The molecule has 0 N–H and O–H groups in total. The summed E-state index contributed by atoms with van der Waals surface area (Å²) < 4.78 is 83.6. The molecule has 6 aromatic heterocycles. The Balaban J connectivity index is 1.15. The van der Waals surface area contributed by atoms with Crippen LogP contribution < -0.4 is 0 Å². The standard InChI is InChI=1S/C64H36N8S/c1-65-38-33-35-54-47(37-38)44-22-7-9-24-48(44)69(54)55-30-16-31-56(70-49-25-10-6-21-43(49)45-34-36-58-59(61(45)70)46-23-8-15-32-57(46)73-58)60(55)62-66-63(71-50-26-11-2-17-39(50)40-18-3-12-27-51(40)71)68-64(67-62)72-52-28-13-4-19-41(52)42-20-5-14-29-53(42)72/h2-37H/i2D,4D,11D,13D,17D,19D,26D,28D. The zero-order valence-corrected chi connectivity index (χ0v) is 39.0. The fraction of sp³-hybridized carbons (Fsp3) is 0. The Kier molecular flexibility index (Phi) is 6.78. The number of nitrogens with zero attached hydrogens (tertiary/aromatic N) is 8. The van der Waals surface area contributed by atoms with Gasteiger partial charge in [0.1, 0.15) is 0 Å². The van der Waals surface area contributed by atoms with Crippen molar-refractivity contribution in [3.05, 3.63) is 230 Å². The summed E-state index contributed by atoms with van der Waals surface area (Å²) in [6, 6.07) is 52.8. The minimum atomic E-state index is -0.441. The molecule has 73 heavy (non-hydrogen) atoms. The molecular weight excluding hydrogens is 913 g/mol. The lowest BCUT2D eigenvalue weighted by Crippen LogP contribution is -2.12. The van der Waals surface area contributed by atoms with Gasteiger partial charge in [-0.3, -0.25) is 9.13 Å². The lowest BCUT2D eigenvalue weighted by Gasteiger charge is -2.20. The van der Waals surface area contributed by atoms with Crippen LogP contribution in [0.25, 0.3) is 147 Å². The predicted octanol–water partition coefficient (Wildman–Crippen LogP) is 16.8. The average molecular weight is 957 g/mol. The number of hydrogen-bond donors (Lipinski definition) is 0. The largest absolute Gasteiger partial charge is 0.309 e. The van der Waals surface area contributed by atoms with Gasteiger partial charge in [0.15, 0.2) is 11.5 Å². The van der Waals surface area contributed by atoms with Crippen LogP contribution in [0.15, 0.2) is 218 Å². The van der Waals surface area contributed by atoms with Crippen molar-refractivity contribution in [2.24, 2.45) is 0 Å². The topological polar surface area (TPSA) is 62.8 Å². The van der Waals surface area contributed by atoms with E-state index in [4.69, 9.17) is 27.0 Å². The SMILES string of the molecule is [2H]c1c([2H])c([2H])c2c(c1[2H])c1ccccc1n2-c1nc(-c2c(-n3c4ccccc4c4cc([N+]#[C-])ccc43)cccc2-n2c3ccccc3c3ccc4sc5ccccc5c4c32)nc(-n2c3ccccc3c3c([2H])c([2H])c([2H])c([2H])c32)n1. The smallest absolute Gasteiger partial charge is 0.240 e. The number of hydrogen-bond acceptors (Lipinski definition) is 4. The maximum absolute atomic E-state index is 9.58. The summed E-state index contributed by atoms with van der Waals surface area (Å²) in [5.74, 6) is 0.100. The van der Waals surface area contributed by atoms with Crippen LogP contribution in [0.3, 0.4) is 0 Å². The number of thiophene rings is 1. The van der Waals surface area contributed by atoms with Crippen LogP contribution in [0.5, 0.6) is 0 Å². The molecule has 8 nitrogen and oxygen atoms in total. The summed E-state index contributed by atoms with van der Waals surface area (Å²) in [6.45, 7) is 8.04. The minimum absolute atomic E-state index is 0.0175. The second kappa shape index (κ2) is 15.1. The third-order valence-electron chi connectivity index (χ3n) is 14.3. The molecule has 0 spiro atoms. The van der Waals surface area contributed by atoms with E-state index in [-0.39, 0.29) is 63.7 Å². The van der Waals surface area contributed by atoms with E-state index in [1.54, 1.807) is 20.5 Å². The van der Waals surface area contributed by atoms with Crippen molar-refractivity contribution in [3.63, 3.8) is 0 Å². The summed E-state index contributed by atoms with van der Waals surface area (Å²) in [5.41, 5.74) is 7.11. The second-order valence-corrected chi connectivity index (χ2v) is 19.1. The van der Waals surface area contributed by atoms with Gasteiger partial charge in [0.25, 0.3) is 0 Å². The summed E-state index contributed by atoms with van der Waals surface area (Å²) >= 11 is 1.73. The Bertz CT molecular complexity index is 5410. The lowest BCUT2D eigenvalue weighted by molar-refractivity contribution is 0.891. The molecule has 0 bridgehead atoms. The predicted molar refractivity (Wildman–Crippen MR) is 302 cm³/mol. The molecule has 0 radical (unpaired) electrons. The molecule has 338 valence electrons. The summed E-state index contributed by atoms with van der Waals surface area (Å²) in [5, 5.41) is 7.59. The van der Waals surface area contributed by atoms with Crippen LogP contribution >= 0.6 is 11.3 Å². The Morgan fingerprint density at radius 3 is 1.53 bits per heavy atom. The fourth-order valence-corrected chi connectivity index (χ4v) is 12.5. The third-order valence-corrected chi connectivity index (χ3v) is 15.4. The Hall–Kier alpha value is -9.88. The van der Waals surface area contributed by atoms with Crippen LogP contribution in [0.2, 0.25) is 0 Å². The van der Waals surface area contributed by atoms with Gasteiger partial charge in [-0.25, -0.2) is 4.85 Å². The molecule has 9 heteroatoms. The molecule has 10 aromatic carbocycles. The Labute approximate surface area is 431 Å². The Morgan fingerprint density at radius 1 is 0.397 bits per heavy atom. The Morgan fingerprint density at radius 2 is 0.904 bits per heavy atom. The fourth-order valence-electron chi connectivity index (χ4n) is 11.4. The van der Waals surface area contributed by atoms with E-state index < -0.39 is 24.2 Å². The molecule has 0 atom stereocenters. The van der Waals surface area contributed by atoms with Gasteiger partial charge in [-0.1, -0.05) is 145 Å². The highest BCUT2D eigenvalue weighted by molar-refractivity contribution is 7.26. The van der Waals surface area contributed by atoms with Crippen molar-refractivity contribution in [2.75, 3.05) is 0 Å². The van der Waals surface area contributed by atoms with Gasteiger partial charge in [-0.05, 0) is 78.1 Å². The van der Waals surface area contributed by atoms with Crippen molar-refractivity contribution in [1.82, 2.24) is 33.2 Å². The van der Waals surface area contributed by atoms with Gasteiger partial charge in [0, 0.05) is 57.9 Å². The highest BCUT2D eigenvalue weighted by Crippen LogP contribution is 2.47. The first-order valence-corrected chi connectivity index (χ1v) is 24.5. The van der Waals surface area contributed by atoms with E-state index in [2.05, 4.69) is 68.6 Å². The molecule has 16 aromatic rings. The van der Waals surface area contributed by atoms with E-state index in [1.165, 1.54) is 0 Å². The van der Waals surface area contributed by atoms with Crippen molar-refractivity contribution in [1.29, 1.82) is 0 Å². The van der Waals surface area contributed by atoms with Crippen molar-refractivity contribution >= 4 is 124 Å². The highest BCUT2D eigenvalue weighted by Gasteiger charge is 2.28. The van der Waals surface area contributed by atoms with Crippen molar-refractivity contribution in [2.45, 2.75) is 0 Å². The van der Waals surface area contributed by atoms with Crippen LogP contribution in [-0.2, 0) is 0 Å². The normalized spacial score (nSPS) is 13.6. The maximum Gasteiger partial charge on any atom is 0.240 e. The molecule has 0 aliphatic heterocycles. The summed E-state index contributed by atoms with van der Waals surface area (Å²) in [4.78, 5) is 20.3.